The van der Waals surface area contributed by atoms with Crippen LogP contribution in [0.4, 0.5) is 0 Å². The summed E-state index contributed by atoms with van der Waals surface area (Å²) in [6.45, 7) is 0. The molecule has 82 valence electrons. The number of fused-ring (bicyclic) bond motifs is 9. The molecular formula is C16H12O. The van der Waals surface area contributed by atoms with Gasteiger partial charge in [0.1, 0.15) is 0 Å². The van der Waals surface area contributed by atoms with E-state index in [9.17, 15) is 0 Å². The predicted molar refractivity (Wildman–Crippen MR) is 66.0 cm³/mol. The number of rotatable bonds is 0. The first-order chi connectivity index (χ1) is 8.45. The molecule has 4 unspecified atom stereocenters. The van der Waals surface area contributed by atoms with Gasteiger partial charge >= 0.3 is 0 Å². The molecule has 17 heavy (non-hydrogen) atoms. The molecule has 3 aliphatic rings. The third-order valence-electron chi connectivity index (χ3n) is 4.59. The topological polar surface area (TPSA) is 12.5 Å². The van der Waals surface area contributed by atoms with E-state index in [1.165, 1.54) is 22.3 Å². The van der Waals surface area contributed by atoms with Crippen LogP contribution in [-0.2, 0) is 4.74 Å². The highest BCUT2D eigenvalue weighted by Crippen LogP contribution is 2.66. The summed E-state index contributed by atoms with van der Waals surface area (Å²) < 4.78 is 5.79. The minimum Gasteiger partial charge on any atom is -0.368 e. The highest BCUT2D eigenvalue weighted by atomic mass is 16.6. The van der Waals surface area contributed by atoms with Crippen molar-refractivity contribution >= 4 is 0 Å². The molecule has 1 heterocycles. The van der Waals surface area contributed by atoms with Gasteiger partial charge in [0.15, 0.2) is 0 Å². The first-order valence-corrected chi connectivity index (χ1v) is 6.29. The molecule has 2 fully saturated rings. The Morgan fingerprint density at radius 3 is 1.65 bits per heavy atom. The molecule has 2 aromatic carbocycles. The normalized spacial score (nSPS) is 34.8. The van der Waals surface area contributed by atoms with Gasteiger partial charge < -0.3 is 4.74 Å². The summed E-state index contributed by atoms with van der Waals surface area (Å²) in [7, 11) is 0. The van der Waals surface area contributed by atoms with Gasteiger partial charge in [-0.1, -0.05) is 48.5 Å². The Morgan fingerprint density at radius 1 is 0.647 bits per heavy atom. The van der Waals surface area contributed by atoms with Crippen LogP contribution >= 0.6 is 0 Å². The Balaban J connectivity index is 1.86. The molecule has 5 rings (SSSR count). The number of ether oxygens (including phenoxy) is 1. The van der Waals surface area contributed by atoms with Gasteiger partial charge in [-0.15, -0.1) is 0 Å². The zero-order valence-electron chi connectivity index (χ0n) is 9.34. The zero-order chi connectivity index (χ0) is 11.0. The van der Waals surface area contributed by atoms with E-state index in [1.54, 1.807) is 0 Å². The Labute approximate surface area is 100 Å². The average molecular weight is 220 g/mol. The summed E-state index contributed by atoms with van der Waals surface area (Å²) in [5, 5.41) is 0. The molecule has 0 amide bonds. The smallest absolute Gasteiger partial charge is 0.0923 e. The van der Waals surface area contributed by atoms with Gasteiger partial charge in [0.25, 0.3) is 0 Å². The summed E-state index contributed by atoms with van der Waals surface area (Å²) in [6, 6.07) is 17.6. The maximum Gasteiger partial charge on any atom is 0.0923 e. The first-order valence-electron chi connectivity index (χ1n) is 6.29. The number of epoxide rings is 1. The highest BCUT2D eigenvalue weighted by Gasteiger charge is 2.66. The second kappa shape index (κ2) is 2.62. The molecule has 1 saturated carbocycles. The lowest BCUT2D eigenvalue weighted by Crippen LogP contribution is -2.35. The average Bonchev–Trinajstić information content (AvgIpc) is 3.06. The van der Waals surface area contributed by atoms with Gasteiger partial charge in [0.05, 0.1) is 12.2 Å². The van der Waals surface area contributed by atoms with E-state index >= 15 is 0 Å². The van der Waals surface area contributed by atoms with E-state index < -0.39 is 0 Å². The molecule has 1 heteroatoms. The van der Waals surface area contributed by atoms with Gasteiger partial charge in [-0.25, -0.2) is 0 Å². The molecule has 0 spiro atoms. The third-order valence-corrected chi connectivity index (χ3v) is 4.59. The number of hydrogen-bond donors (Lipinski definition) is 0. The van der Waals surface area contributed by atoms with Crippen molar-refractivity contribution < 1.29 is 4.74 Å². The lowest BCUT2D eigenvalue weighted by atomic mass is 9.61. The van der Waals surface area contributed by atoms with Crippen LogP contribution in [0.15, 0.2) is 48.5 Å². The third kappa shape index (κ3) is 0.872. The van der Waals surface area contributed by atoms with Crippen LogP contribution in [0.3, 0.4) is 0 Å². The molecule has 1 aliphatic heterocycles. The van der Waals surface area contributed by atoms with E-state index in [2.05, 4.69) is 48.5 Å². The summed E-state index contributed by atoms with van der Waals surface area (Å²) in [6.07, 6.45) is 1.02. The molecule has 1 nitrogen and oxygen atoms in total. The largest absolute Gasteiger partial charge is 0.368 e. The Kier molecular flexibility index (Phi) is 1.31. The summed E-state index contributed by atoms with van der Waals surface area (Å²) >= 11 is 0. The number of benzene rings is 2. The Morgan fingerprint density at radius 2 is 1.12 bits per heavy atom. The SMILES string of the molecule is c1ccc2c(c1)-c1ccccc1C1C3OC3C21. The van der Waals surface area contributed by atoms with Crippen LogP contribution in [0.5, 0.6) is 0 Å². The van der Waals surface area contributed by atoms with E-state index in [0.717, 1.165) is 0 Å². The van der Waals surface area contributed by atoms with Gasteiger partial charge in [-0.2, -0.15) is 0 Å². The van der Waals surface area contributed by atoms with Crippen LogP contribution in [0.25, 0.3) is 11.1 Å². The first kappa shape index (κ1) is 8.48. The van der Waals surface area contributed by atoms with E-state index in [0.29, 0.717) is 24.0 Å². The van der Waals surface area contributed by atoms with Gasteiger partial charge in [-0.05, 0) is 22.3 Å². The second-order valence-electron chi connectivity index (χ2n) is 5.29. The Hall–Kier alpha value is -1.60. The van der Waals surface area contributed by atoms with Crippen molar-refractivity contribution in [2.45, 2.75) is 24.0 Å². The van der Waals surface area contributed by atoms with E-state index in [-0.39, 0.29) is 0 Å². The van der Waals surface area contributed by atoms with Crippen molar-refractivity contribution in [2.75, 3.05) is 0 Å². The summed E-state index contributed by atoms with van der Waals surface area (Å²) in [4.78, 5) is 0. The maximum absolute atomic E-state index is 5.79. The minimum absolute atomic E-state index is 0.509. The molecule has 0 bridgehead atoms. The van der Waals surface area contributed by atoms with Crippen LogP contribution < -0.4 is 0 Å². The quantitative estimate of drug-likeness (QED) is 0.620. The summed E-state index contributed by atoms with van der Waals surface area (Å²) in [5.41, 5.74) is 5.82. The monoisotopic (exact) mass is 220 g/mol. The maximum atomic E-state index is 5.79. The second-order valence-corrected chi connectivity index (χ2v) is 5.29. The standard InChI is InChI=1S/C16H12O/c1-3-7-11-9(5-1)10-6-2-4-8-12(10)14-13(11)15-16(14)17-15/h1-8,13-16H. The molecule has 2 aliphatic carbocycles. The van der Waals surface area contributed by atoms with Crippen molar-refractivity contribution in [3.8, 4) is 11.1 Å². The van der Waals surface area contributed by atoms with Crippen molar-refractivity contribution in [3.05, 3.63) is 59.7 Å². The van der Waals surface area contributed by atoms with Crippen LogP contribution in [0.1, 0.15) is 23.0 Å². The van der Waals surface area contributed by atoms with Gasteiger partial charge in [0, 0.05) is 11.8 Å². The Bertz CT molecular complexity index is 575. The fourth-order valence-electron chi connectivity index (χ4n) is 3.78. The molecule has 0 radical (unpaired) electrons. The van der Waals surface area contributed by atoms with Crippen molar-refractivity contribution in [1.82, 2.24) is 0 Å². The number of hydrogen-bond acceptors (Lipinski definition) is 1. The highest BCUT2D eigenvalue weighted by molar-refractivity contribution is 5.77. The molecular weight excluding hydrogens is 208 g/mol. The molecule has 2 aromatic rings. The van der Waals surface area contributed by atoms with Crippen molar-refractivity contribution in [1.29, 1.82) is 0 Å². The molecule has 1 saturated heterocycles. The van der Waals surface area contributed by atoms with E-state index in [1.807, 2.05) is 0 Å². The van der Waals surface area contributed by atoms with Crippen molar-refractivity contribution in [2.24, 2.45) is 0 Å². The lowest BCUT2D eigenvalue weighted by molar-refractivity contribution is 0.410. The fourth-order valence-corrected chi connectivity index (χ4v) is 3.78. The van der Waals surface area contributed by atoms with Gasteiger partial charge in [-0.3, -0.25) is 0 Å². The lowest BCUT2D eigenvalue weighted by Gasteiger charge is -2.39. The molecule has 0 N–H and O–H groups in total. The van der Waals surface area contributed by atoms with E-state index in [4.69, 9.17) is 4.74 Å². The van der Waals surface area contributed by atoms with Gasteiger partial charge in [0.2, 0.25) is 0 Å². The van der Waals surface area contributed by atoms with Crippen LogP contribution in [0, 0.1) is 0 Å². The van der Waals surface area contributed by atoms with Crippen LogP contribution in [0.2, 0.25) is 0 Å². The molecule has 4 atom stereocenters. The zero-order valence-corrected chi connectivity index (χ0v) is 9.34. The fraction of sp³-hybridized carbons (Fsp3) is 0.250. The minimum atomic E-state index is 0.509. The summed E-state index contributed by atoms with van der Waals surface area (Å²) in [5.74, 6) is 1.23. The predicted octanol–water partition coefficient (Wildman–Crippen LogP) is 3.32. The van der Waals surface area contributed by atoms with Crippen LogP contribution in [-0.4, -0.2) is 12.2 Å². The van der Waals surface area contributed by atoms with Crippen molar-refractivity contribution in [3.63, 3.8) is 0 Å². The molecule has 0 aromatic heterocycles.